The number of rotatable bonds is 6. The van der Waals surface area contributed by atoms with Crippen LogP contribution in [-0.2, 0) is 9.53 Å². The lowest BCUT2D eigenvalue weighted by atomic mass is 9.78. The van der Waals surface area contributed by atoms with Crippen LogP contribution in [-0.4, -0.2) is 34.3 Å². The molecule has 1 amide bonds. The molecule has 6 nitrogen and oxygen atoms in total. The number of aromatic nitrogens is 2. The molecular weight excluding hydrogens is 421 g/mol. The number of nitrogens with one attached hydrogen (secondary N) is 1. The van der Waals surface area contributed by atoms with E-state index in [0.29, 0.717) is 23.1 Å². The van der Waals surface area contributed by atoms with E-state index < -0.39 is 5.97 Å². The number of ether oxygens (including phenoxy) is 1. The molecular formula is C26H28FN3O3. The van der Waals surface area contributed by atoms with Gasteiger partial charge in [-0.2, -0.15) is 5.10 Å². The molecule has 1 saturated carbocycles. The number of hydrogen-bond donors (Lipinski definition) is 1. The van der Waals surface area contributed by atoms with Crippen LogP contribution in [0.1, 0.15) is 43.5 Å². The quantitative estimate of drug-likeness (QED) is 0.550. The van der Waals surface area contributed by atoms with E-state index in [-0.39, 0.29) is 29.9 Å². The van der Waals surface area contributed by atoms with Gasteiger partial charge in [-0.05, 0) is 54.7 Å². The number of para-hydroxylation sites is 1. The molecule has 1 aromatic heterocycles. The van der Waals surface area contributed by atoms with E-state index in [0.717, 1.165) is 18.5 Å². The number of carbonyl (C=O) groups is 2. The fourth-order valence-electron chi connectivity index (χ4n) is 4.30. The van der Waals surface area contributed by atoms with Crippen LogP contribution in [0.3, 0.4) is 0 Å². The van der Waals surface area contributed by atoms with Crippen molar-refractivity contribution in [1.82, 2.24) is 15.1 Å². The summed E-state index contributed by atoms with van der Waals surface area (Å²) in [4.78, 5) is 25.4. The van der Waals surface area contributed by atoms with Crippen molar-refractivity contribution in [3.63, 3.8) is 0 Å². The molecule has 1 N–H and O–H groups in total. The zero-order valence-corrected chi connectivity index (χ0v) is 18.8. The second-order valence-corrected chi connectivity index (χ2v) is 8.70. The van der Waals surface area contributed by atoms with Gasteiger partial charge in [0.25, 0.3) is 5.91 Å². The molecule has 1 aliphatic rings. The topological polar surface area (TPSA) is 73.2 Å². The highest BCUT2D eigenvalue weighted by atomic mass is 19.1. The molecule has 0 spiro atoms. The van der Waals surface area contributed by atoms with Crippen LogP contribution in [0.4, 0.5) is 4.39 Å². The molecule has 3 atom stereocenters. The first-order valence-corrected chi connectivity index (χ1v) is 11.3. The summed E-state index contributed by atoms with van der Waals surface area (Å²) in [5.74, 6) is -0.417. The number of benzene rings is 2. The van der Waals surface area contributed by atoms with Gasteiger partial charge in [-0.1, -0.05) is 44.9 Å². The lowest BCUT2D eigenvalue weighted by Crippen LogP contribution is -2.45. The average Bonchev–Trinajstić information content (AvgIpc) is 3.27. The van der Waals surface area contributed by atoms with Gasteiger partial charge < -0.3 is 10.1 Å². The van der Waals surface area contributed by atoms with Crippen molar-refractivity contribution in [3.05, 3.63) is 72.2 Å². The Bertz CT molecular complexity index is 1110. The zero-order valence-electron chi connectivity index (χ0n) is 18.8. The molecule has 2 aromatic carbocycles. The Balaban J connectivity index is 1.50. The average molecular weight is 450 g/mol. The Labute approximate surface area is 192 Å². The van der Waals surface area contributed by atoms with Gasteiger partial charge in [0, 0.05) is 17.8 Å². The fraction of sp³-hybridized carbons (Fsp3) is 0.346. The maximum Gasteiger partial charge on any atom is 0.342 e. The van der Waals surface area contributed by atoms with Crippen LogP contribution in [0.15, 0.2) is 60.8 Å². The summed E-state index contributed by atoms with van der Waals surface area (Å²) in [7, 11) is 0. The van der Waals surface area contributed by atoms with E-state index in [2.05, 4.69) is 24.3 Å². The second kappa shape index (κ2) is 9.98. The third-order valence-electron chi connectivity index (χ3n) is 6.46. The first-order valence-electron chi connectivity index (χ1n) is 11.3. The van der Waals surface area contributed by atoms with Crippen molar-refractivity contribution in [2.75, 3.05) is 6.61 Å². The van der Waals surface area contributed by atoms with Crippen LogP contribution >= 0.6 is 0 Å². The standard InChI is InChI=1S/C26H28FN3O3/c1-17-7-6-10-23(18(17)2)28-24(31)16-33-26(32)22-15-30(21-8-4-3-5-9-21)29-25(22)19-11-13-20(27)14-12-19/h3-5,8-9,11-15,17-18,23H,6-7,10,16H2,1-2H3,(H,28,31)/t17-,18+,23-/m1/s1. The number of carbonyl (C=O) groups excluding carboxylic acids is 2. The third kappa shape index (κ3) is 5.30. The number of amides is 1. The van der Waals surface area contributed by atoms with E-state index in [1.54, 1.807) is 23.0 Å². The molecule has 0 unspecified atom stereocenters. The Morgan fingerprint density at radius 3 is 2.55 bits per heavy atom. The van der Waals surface area contributed by atoms with Gasteiger partial charge in [0.15, 0.2) is 6.61 Å². The van der Waals surface area contributed by atoms with Crippen molar-refractivity contribution in [2.24, 2.45) is 11.8 Å². The van der Waals surface area contributed by atoms with Crippen molar-refractivity contribution in [3.8, 4) is 16.9 Å². The molecule has 1 aliphatic carbocycles. The van der Waals surface area contributed by atoms with Crippen molar-refractivity contribution in [2.45, 2.75) is 39.2 Å². The first kappa shape index (κ1) is 22.7. The Morgan fingerprint density at radius 2 is 1.82 bits per heavy atom. The van der Waals surface area contributed by atoms with Crippen LogP contribution in [0.2, 0.25) is 0 Å². The summed E-state index contributed by atoms with van der Waals surface area (Å²) in [6.07, 6.45) is 4.75. The van der Waals surface area contributed by atoms with Gasteiger partial charge in [0.05, 0.1) is 5.69 Å². The summed E-state index contributed by atoms with van der Waals surface area (Å²) in [5.41, 5.74) is 1.91. The van der Waals surface area contributed by atoms with Gasteiger partial charge in [-0.25, -0.2) is 13.9 Å². The van der Waals surface area contributed by atoms with Crippen LogP contribution in [0.25, 0.3) is 16.9 Å². The molecule has 0 aliphatic heterocycles. The normalized spacial score (nSPS) is 20.3. The Hall–Kier alpha value is -3.48. The summed E-state index contributed by atoms with van der Waals surface area (Å²) >= 11 is 0. The number of nitrogens with zero attached hydrogens (tertiary/aromatic N) is 2. The number of hydrogen-bond acceptors (Lipinski definition) is 4. The van der Waals surface area contributed by atoms with Gasteiger partial charge in [-0.15, -0.1) is 0 Å². The first-order chi connectivity index (χ1) is 15.9. The number of esters is 1. The fourth-order valence-corrected chi connectivity index (χ4v) is 4.30. The lowest BCUT2D eigenvalue weighted by molar-refractivity contribution is -0.125. The Kier molecular flexibility index (Phi) is 6.87. The van der Waals surface area contributed by atoms with Gasteiger partial charge >= 0.3 is 5.97 Å². The second-order valence-electron chi connectivity index (χ2n) is 8.70. The van der Waals surface area contributed by atoms with Gasteiger partial charge in [0.1, 0.15) is 17.1 Å². The van der Waals surface area contributed by atoms with Crippen LogP contribution < -0.4 is 5.32 Å². The maximum absolute atomic E-state index is 13.4. The molecule has 4 rings (SSSR count). The predicted molar refractivity (Wildman–Crippen MR) is 123 cm³/mol. The minimum absolute atomic E-state index is 0.0931. The Morgan fingerprint density at radius 1 is 1.09 bits per heavy atom. The van der Waals surface area contributed by atoms with E-state index in [4.69, 9.17) is 4.74 Å². The summed E-state index contributed by atoms with van der Waals surface area (Å²) in [5, 5.41) is 7.54. The monoisotopic (exact) mass is 449 g/mol. The van der Waals surface area contributed by atoms with Gasteiger partial charge in [-0.3, -0.25) is 4.79 Å². The molecule has 0 bridgehead atoms. The summed E-state index contributed by atoms with van der Waals surface area (Å²) in [6, 6.07) is 15.2. The smallest absolute Gasteiger partial charge is 0.342 e. The SMILES string of the molecule is C[C@H]1[C@H](C)CCC[C@H]1NC(=O)COC(=O)c1cn(-c2ccccc2)nc1-c1ccc(F)cc1. The van der Waals surface area contributed by atoms with Crippen LogP contribution in [0.5, 0.6) is 0 Å². The minimum Gasteiger partial charge on any atom is -0.452 e. The molecule has 7 heteroatoms. The largest absolute Gasteiger partial charge is 0.452 e. The highest BCUT2D eigenvalue weighted by Gasteiger charge is 2.28. The van der Waals surface area contributed by atoms with Crippen molar-refractivity contribution < 1.29 is 18.7 Å². The third-order valence-corrected chi connectivity index (χ3v) is 6.46. The van der Waals surface area contributed by atoms with E-state index >= 15 is 0 Å². The molecule has 3 aromatic rings. The molecule has 0 radical (unpaired) electrons. The highest BCUT2D eigenvalue weighted by Crippen LogP contribution is 2.29. The molecule has 1 fully saturated rings. The van der Waals surface area contributed by atoms with Crippen LogP contribution in [0, 0.1) is 17.7 Å². The summed E-state index contributed by atoms with van der Waals surface area (Å²) in [6.45, 7) is 3.98. The number of halogens is 1. The highest BCUT2D eigenvalue weighted by molar-refractivity contribution is 5.97. The minimum atomic E-state index is -0.656. The zero-order chi connectivity index (χ0) is 23.4. The van der Waals surface area contributed by atoms with Gasteiger partial charge in [0.2, 0.25) is 0 Å². The molecule has 33 heavy (non-hydrogen) atoms. The van der Waals surface area contributed by atoms with E-state index in [1.165, 1.54) is 18.6 Å². The maximum atomic E-state index is 13.4. The molecule has 1 heterocycles. The molecule has 172 valence electrons. The summed E-state index contributed by atoms with van der Waals surface area (Å²) < 4.78 is 20.3. The van der Waals surface area contributed by atoms with E-state index in [9.17, 15) is 14.0 Å². The molecule has 0 saturated heterocycles. The van der Waals surface area contributed by atoms with Crippen molar-refractivity contribution >= 4 is 11.9 Å². The van der Waals surface area contributed by atoms with Crippen molar-refractivity contribution in [1.29, 1.82) is 0 Å². The predicted octanol–water partition coefficient (Wildman–Crippen LogP) is 4.78. The lowest BCUT2D eigenvalue weighted by Gasteiger charge is -2.34. The van der Waals surface area contributed by atoms with E-state index in [1.807, 2.05) is 30.3 Å².